The Bertz CT molecular complexity index is 207. The number of carbonyl (C=O) groups is 2. The number of carbonyl (C=O) groups excluding carboxylic acids is 2. The number of rotatable bonds is 7. The van der Waals surface area contributed by atoms with Gasteiger partial charge in [-0.25, -0.2) is 0 Å². The maximum Gasteiger partial charge on any atom is 0.236 e. The Morgan fingerprint density at radius 1 is 1.20 bits per heavy atom. The molecule has 0 saturated carbocycles. The van der Waals surface area contributed by atoms with Crippen LogP contribution >= 0.6 is 0 Å². The van der Waals surface area contributed by atoms with Gasteiger partial charge in [0, 0.05) is 19.5 Å². The summed E-state index contributed by atoms with van der Waals surface area (Å²) in [6.45, 7) is 4.86. The monoisotopic (exact) mass is 215 g/mol. The summed E-state index contributed by atoms with van der Waals surface area (Å²) < 4.78 is 0. The Balaban J connectivity index is 3.52. The fourth-order valence-corrected chi connectivity index (χ4v) is 0.969. The van der Waals surface area contributed by atoms with E-state index in [9.17, 15) is 9.59 Å². The van der Waals surface area contributed by atoms with E-state index in [1.54, 1.807) is 0 Å². The zero-order valence-corrected chi connectivity index (χ0v) is 9.51. The van der Waals surface area contributed by atoms with Crippen molar-refractivity contribution < 1.29 is 9.59 Å². The van der Waals surface area contributed by atoms with E-state index >= 15 is 0 Å². The molecular weight excluding hydrogens is 194 g/mol. The third-order valence-corrected chi connectivity index (χ3v) is 2.00. The van der Waals surface area contributed by atoms with Crippen molar-refractivity contribution in [2.24, 2.45) is 5.73 Å². The number of amides is 2. The number of hydrogen-bond donors (Lipinski definition) is 3. The minimum Gasteiger partial charge on any atom is -0.356 e. The van der Waals surface area contributed by atoms with Gasteiger partial charge in [-0.3, -0.25) is 9.59 Å². The van der Waals surface area contributed by atoms with Gasteiger partial charge in [-0.05, 0) is 12.8 Å². The molecule has 0 aromatic carbocycles. The van der Waals surface area contributed by atoms with E-state index in [4.69, 9.17) is 5.73 Å². The van der Waals surface area contributed by atoms with Crippen LogP contribution in [0.1, 0.15) is 33.1 Å². The lowest BCUT2D eigenvalue weighted by molar-refractivity contribution is -0.123. The van der Waals surface area contributed by atoms with Crippen molar-refractivity contribution in [2.75, 3.05) is 13.1 Å². The summed E-state index contributed by atoms with van der Waals surface area (Å²) in [5.41, 5.74) is 5.50. The standard InChI is InChI=1S/C10H21N3O2/c1-3-6-12-9(14)5-7-13-10(15)8(11)4-2/h8H,3-7,11H2,1-2H3,(H,12,14)(H,13,15)/t8-/m1/s1. The SMILES string of the molecule is CCCNC(=O)CCNC(=O)[C@H](N)CC. The van der Waals surface area contributed by atoms with E-state index in [-0.39, 0.29) is 11.8 Å². The second-order valence-electron chi connectivity index (χ2n) is 3.41. The molecule has 15 heavy (non-hydrogen) atoms. The number of nitrogens with two attached hydrogens (primary N) is 1. The molecule has 0 aliphatic heterocycles. The van der Waals surface area contributed by atoms with Gasteiger partial charge in [0.2, 0.25) is 11.8 Å². The van der Waals surface area contributed by atoms with Crippen LogP contribution in [0.4, 0.5) is 0 Å². The van der Waals surface area contributed by atoms with Crippen LogP contribution in [0.3, 0.4) is 0 Å². The lowest BCUT2D eigenvalue weighted by Gasteiger charge is -2.09. The average molecular weight is 215 g/mol. The zero-order chi connectivity index (χ0) is 11.7. The second kappa shape index (κ2) is 8.23. The molecule has 0 fully saturated rings. The summed E-state index contributed by atoms with van der Waals surface area (Å²) in [6.07, 6.45) is 1.83. The summed E-state index contributed by atoms with van der Waals surface area (Å²) in [7, 11) is 0. The van der Waals surface area contributed by atoms with Gasteiger partial charge in [-0.2, -0.15) is 0 Å². The second-order valence-corrected chi connectivity index (χ2v) is 3.41. The molecule has 0 radical (unpaired) electrons. The van der Waals surface area contributed by atoms with E-state index in [1.165, 1.54) is 0 Å². The predicted octanol–water partition coefficient (Wildman–Crippen LogP) is -0.244. The minimum absolute atomic E-state index is 0.0396. The van der Waals surface area contributed by atoms with Gasteiger partial charge in [0.15, 0.2) is 0 Å². The highest BCUT2D eigenvalue weighted by molar-refractivity contribution is 5.82. The first kappa shape index (κ1) is 13.9. The topological polar surface area (TPSA) is 84.2 Å². The predicted molar refractivity (Wildman–Crippen MR) is 59.2 cm³/mol. The molecule has 4 N–H and O–H groups in total. The Kier molecular flexibility index (Phi) is 7.62. The first-order valence-electron chi connectivity index (χ1n) is 5.41. The van der Waals surface area contributed by atoms with E-state index in [2.05, 4.69) is 10.6 Å². The highest BCUT2D eigenvalue weighted by atomic mass is 16.2. The molecule has 0 aromatic heterocycles. The molecule has 2 amide bonds. The lowest BCUT2D eigenvalue weighted by atomic mass is 10.2. The van der Waals surface area contributed by atoms with Crippen molar-refractivity contribution in [3.8, 4) is 0 Å². The van der Waals surface area contributed by atoms with Gasteiger partial charge in [-0.1, -0.05) is 13.8 Å². The molecule has 0 spiro atoms. The number of hydrogen-bond acceptors (Lipinski definition) is 3. The van der Waals surface area contributed by atoms with Crippen molar-refractivity contribution in [2.45, 2.75) is 39.2 Å². The Hall–Kier alpha value is -1.10. The van der Waals surface area contributed by atoms with E-state index in [1.807, 2.05) is 13.8 Å². The van der Waals surface area contributed by atoms with Gasteiger partial charge >= 0.3 is 0 Å². The molecule has 0 rings (SSSR count). The van der Waals surface area contributed by atoms with Crippen molar-refractivity contribution in [3.05, 3.63) is 0 Å². The van der Waals surface area contributed by atoms with Crippen LogP contribution in [0.15, 0.2) is 0 Å². The summed E-state index contributed by atoms with van der Waals surface area (Å²) in [5.74, 6) is -0.233. The molecule has 0 saturated heterocycles. The third-order valence-electron chi connectivity index (χ3n) is 2.00. The van der Waals surface area contributed by atoms with Gasteiger partial charge in [0.1, 0.15) is 0 Å². The zero-order valence-electron chi connectivity index (χ0n) is 9.51. The fourth-order valence-electron chi connectivity index (χ4n) is 0.969. The number of nitrogens with one attached hydrogen (secondary N) is 2. The molecule has 0 aliphatic rings. The van der Waals surface area contributed by atoms with Crippen LogP contribution in [0, 0.1) is 0 Å². The summed E-state index contributed by atoms with van der Waals surface area (Å²) in [6, 6.07) is -0.469. The molecule has 0 bridgehead atoms. The molecule has 0 unspecified atom stereocenters. The van der Waals surface area contributed by atoms with Gasteiger partial charge < -0.3 is 16.4 Å². The normalized spacial score (nSPS) is 11.9. The molecule has 0 aliphatic carbocycles. The molecule has 0 heterocycles. The van der Waals surface area contributed by atoms with Crippen molar-refractivity contribution in [3.63, 3.8) is 0 Å². The molecule has 1 atom stereocenters. The summed E-state index contributed by atoms with van der Waals surface area (Å²) in [4.78, 5) is 22.3. The molecular formula is C10H21N3O2. The highest BCUT2D eigenvalue weighted by Gasteiger charge is 2.10. The van der Waals surface area contributed by atoms with Crippen molar-refractivity contribution in [1.29, 1.82) is 0 Å². The van der Waals surface area contributed by atoms with Crippen LogP contribution < -0.4 is 16.4 Å². The lowest BCUT2D eigenvalue weighted by Crippen LogP contribution is -2.41. The Labute approximate surface area is 90.8 Å². The van der Waals surface area contributed by atoms with Crippen LogP contribution in [0.5, 0.6) is 0 Å². The molecule has 5 heteroatoms. The first-order chi connectivity index (χ1) is 7.11. The third kappa shape index (κ3) is 6.90. The quantitative estimate of drug-likeness (QED) is 0.548. The van der Waals surface area contributed by atoms with Crippen LogP contribution in [0.2, 0.25) is 0 Å². The van der Waals surface area contributed by atoms with E-state index < -0.39 is 6.04 Å². The van der Waals surface area contributed by atoms with Crippen LogP contribution in [0.25, 0.3) is 0 Å². The Morgan fingerprint density at radius 3 is 2.40 bits per heavy atom. The smallest absolute Gasteiger partial charge is 0.236 e. The van der Waals surface area contributed by atoms with E-state index in [0.717, 1.165) is 6.42 Å². The first-order valence-corrected chi connectivity index (χ1v) is 5.41. The van der Waals surface area contributed by atoms with Crippen LogP contribution in [-0.2, 0) is 9.59 Å². The van der Waals surface area contributed by atoms with Gasteiger partial charge in [-0.15, -0.1) is 0 Å². The van der Waals surface area contributed by atoms with Gasteiger partial charge in [0.25, 0.3) is 0 Å². The molecule has 5 nitrogen and oxygen atoms in total. The molecule has 0 aromatic rings. The maximum atomic E-state index is 11.2. The summed E-state index contributed by atoms with van der Waals surface area (Å²) >= 11 is 0. The van der Waals surface area contributed by atoms with E-state index in [0.29, 0.717) is 25.9 Å². The minimum atomic E-state index is -0.469. The fraction of sp³-hybridized carbons (Fsp3) is 0.800. The summed E-state index contributed by atoms with van der Waals surface area (Å²) in [5, 5.41) is 5.34. The maximum absolute atomic E-state index is 11.2. The van der Waals surface area contributed by atoms with Crippen molar-refractivity contribution in [1.82, 2.24) is 10.6 Å². The largest absolute Gasteiger partial charge is 0.356 e. The van der Waals surface area contributed by atoms with Crippen LogP contribution in [-0.4, -0.2) is 30.9 Å². The Morgan fingerprint density at radius 2 is 1.87 bits per heavy atom. The van der Waals surface area contributed by atoms with Crippen molar-refractivity contribution >= 4 is 11.8 Å². The highest BCUT2D eigenvalue weighted by Crippen LogP contribution is 1.86. The molecule has 88 valence electrons. The van der Waals surface area contributed by atoms with Gasteiger partial charge in [0.05, 0.1) is 6.04 Å². The average Bonchev–Trinajstić information content (AvgIpc) is 2.24.